The van der Waals surface area contributed by atoms with E-state index in [0.29, 0.717) is 18.5 Å². The SMILES string of the molecule is Nc1cc(NC(=O)[C@H]2CCC(=O)N2)ccc1F. The second-order valence-electron chi connectivity index (χ2n) is 3.88. The standard InChI is InChI=1S/C11H12FN3O2/c12-7-2-1-6(5-8(7)13)14-11(17)9-3-4-10(16)15-9/h1-2,5,9H,3-4,13H2,(H,14,17)(H,15,16)/t9-/m1/s1. The molecule has 1 saturated heterocycles. The Balaban J connectivity index is 2.03. The number of hydrogen-bond donors (Lipinski definition) is 3. The predicted octanol–water partition coefficient (Wildman–Crippen LogP) is 0.625. The molecule has 1 atom stereocenters. The lowest BCUT2D eigenvalue weighted by Gasteiger charge is -2.11. The second-order valence-corrected chi connectivity index (χ2v) is 3.88. The lowest BCUT2D eigenvalue weighted by Crippen LogP contribution is -2.37. The summed E-state index contributed by atoms with van der Waals surface area (Å²) in [6.45, 7) is 0. The van der Waals surface area contributed by atoms with E-state index in [9.17, 15) is 14.0 Å². The van der Waals surface area contributed by atoms with Crippen LogP contribution in [0, 0.1) is 5.82 Å². The minimum atomic E-state index is -0.530. The van der Waals surface area contributed by atoms with Crippen molar-refractivity contribution in [2.75, 3.05) is 11.1 Å². The van der Waals surface area contributed by atoms with Crippen molar-refractivity contribution in [1.29, 1.82) is 0 Å². The van der Waals surface area contributed by atoms with Crippen molar-refractivity contribution in [3.05, 3.63) is 24.0 Å². The van der Waals surface area contributed by atoms with E-state index in [2.05, 4.69) is 10.6 Å². The quantitative estimate of drug-likeness (QED) is 0.659. The van der Waals surface area contributed by atoms with E-state index < -0.39 is 11.9 Å². The van der Waals surface area contributed by atoms with Crippen LogP contribution in [0.5, 0.6) is 0 Å². The fourth-order valence-electron chi connectivity index (χ4n) is 1.66. The lowest BCUT2D eigenvalue weighted by atomic mass is 10.2. The number of nitrogen functional groups attached to an aromatic ring is 1. The topological polar surface area (TPSA) is 84.2 Å². The maximum atomic E-state index is 12.9. The average Bonchev–Trinajstić information content (AvgIpc) is 2.70. The molecule has 0 aliphatic carbocycles. The van der Waals surface area contributed by atoms with Gasteiger partial charge in [-0.15, -0.1) is 0 Å². The summed E-state index contributed by atoms with van der Waals surface area (Å²) in [5, 5.41) is 5.12. The molecule has 0 aromatic heterocycles. The van der Waals surface area contributed by atoms with Gasteiger partial charge in [0.05, 0.1) is 5.69 Å². The van der Waals surface area contributed by atoms with Crippen molar-refractivity contribution in [3.8, 4) is 0 Å². The molecule has 0 radical (unpaired) electrons. The van der Waals surface area contributed by atoms with E-state index >= 15 is 0 Å². The van der Waals surface area contributed by atoms with Gasteiger partial charge in [0, 0.05) is 12.1 Å². The van der Waals surface area contributed by atoms with Gasteiger partial charge in [0.25, 0.3) is 0 Å². The van der Waals surface area contributed by atoms with Crippen LogP contribution in [0.15, 0.2) is 18.2 Å². The maximum Gasteiger partial charge on any atom is 0.246 e. The van der Waals surface area contributed by atoms with E-state index in [-0.39, 0.29) is 17.5 Å². The number of nitrogens with two attached hydrogens (primary N) is 1. The molecule has 0 unspecified atom stereocenters. The van der Waals surface area contributed by atoms with E-state index in [1.165, 1.54) is 18.2 Å². The van der Waals surface area contributed by atoms with Gasteiger partial charge in [-0.05, 0) is 24.6 Å². The predicted molar refractivity (Wildman–Crippen MR) is 60.6 cm³/mol. The first-order chi connectivity index (χ1) is 8.06. The minimum absolute atomic E-state index is 0.0294. The van der Waals surface area contributed by atoms with Crippen molar-refractivity contribution in [3.63, 3.8) is 0 Å². The van der Waals surface area contributed by atoms with Crippen LogP contribution in [-0.2, 0) is 9.59 Å². The number of halogens is 1. The van der Waals surface area contributed by atoms with E-state index in [0.717, 1.165) is 0 Å². The molecule has 1 fully saturated rings. The zero-order valence-electron chi connectivity index (χ0n) is 9.00. The van der Waals surface area contributed by atoms with Gasteiger partial charge in [-0.25, -0.2) is 4.39 Å². The normalized spacial score (nSPS) is 18.9. The van der Waals surface area contributed by atoms with Gasteiger partial charge in [-0.2, -0.15) is 0 Å². The second kappa shape index (κ2) is 4.40. The number of hydrogen-bond acceptors (Lipinski definition) is 3. The Morgan fingerprint density at radius 2 is 2.29 bits per heavy atom. The molecule has 1 aliphatic rings. The van der Waals surface area contributed by atoms with Crippen molar-refractivity contribution < 1.29 is 14.0 Å². The number of amides is 2. The molecule has 0 spiro atoms. The molecule has 2 rings (SSSR count). The van der Waals surface area contributed by atoms with Crippen LogP contribution in [0.1, 0.15) is 12.8 Å². The highest BCUT2D eigenvalue weighted by molar-refractivity contribution is 5.99. The number of carbonyl (C=O) groups excluding carboxylic acids is 2. The zero-order chi connectivity index (χ0) is 12.4. The lowest BCUT2D eigenvalue weighted by molar-refractivity contribution is -0.122. The summed E-state index contributed by atoms with van der Waals surface area (Å²) in [5.74, 6) is -0.984. The average molecular weight is 237 g/mol. The molecule has 4 N–H and O–H groups in total. The van der Waals surface area contributed by atoms with E-state index in [4.69, 9.17) is 5.73 Å². The number of rotatable bonds is 2. The monoisotopic (exact) mass is 237 g/mol. The molecule has 1 aromatic carbocycles. The summed E-state index contributed by atoms with van der Waals surface area (Å²) in [5.41, 5.74) is 5.76. The largest absolute Gasteiger partial charge is 0.396 e. The van der Waals surface area contributed by atoms with Gasteiger partial charge in [-0.1, -0.05) is 0 Å². The van der Waals surface area contributed by atoms with Crippen LogP contribution in [0.4, 0.5) is 15.8 Å². The first-order valence-electron chi connectivity index (χ1n) is 5.21. The molecule has 1 aromatic rings. The highest BCUT2D eigenvalue weighted by atomic mass is 19.1. The van der Waals surface area contributed by atoms with Gasteiger partial charge in [0.2, 0.25) is 11.8 Å². The van der Waals surface area contributed by atoms with Crippen LogP contribution in [0.3, 0.4) is 0 Å². The third-order valence-electron chi connectivity index (χ3n) is 2.58. The Bertz CT molecular complexity index is 476. The third kappa shape index (κ3) is 2.52. The zero-order valence-corrected chi connectivity index (χ0v) is 9.00. The van der Waals surface area contributed by atoms with Crippen LogP contribution in [-0.4, -0.2) is 17.9 Å². The number of nitrogens with one attached hydrogen (secondary N) is 2. The summed E-state index contributed by atoms with van der Waals surface area (Å²) in [6, 6.07) is 3.41. The van der Waals surface area contributed by atoms with Crippen molar-refractivity contribution in [1.82, 2.24) is 5.32 Å². The summed E-state index contributed by atoms with van der Waals surface area (Å²) in [4.78, 5) is 22.6. The summed E-state index contributed by atoms with van der Waals surface area (Å²) >= 11 is 0. The van der Waals surface area contributed by atoms with Gasteiger partial charge in [0.1, 0.15) is 11.9 Å². The van der Waals surface area contributed by atoms with Crippen LogP contribution < -0.4 is 16.4 Å². The Morgan fingerprint density at radius 1 is 1.53 bits per heavy atom. The Hall–Kier alpha value is -2.11. The molecule has 17 heavy (non-hydrogen) atoms. The van der Waals surface area contributed by atoms with Crippen molar-refractivity contribution >= 4 is 23.2 Å². The smallest absolute Gasteiger partial charge is 0.246 e. The highest BCUT2D eigenvalue weighted by Gasteiger charge is 2.27. The molecule has 0 saturated carbocycles. The van der Waals surface area contributed by atoms with Crippen molar-refractivity contribution in [2.45, 2.75) is 18.9 Å². The summed E-state index contributed by atoms with van der Waals surface area (Å²) < 4.78 is 12.9. The molecule has 6 heteroatoms. The molecule has 0 bridgehead atoms. The minimum Gasteiger partial charge on any atom is -0.396 e. The fraction of sp³-hybridized carbons (Fsp3) is 0.273. The van der Waals surface area contributed by atoms with Gasteiger partial charge in [-0.3, -0.25) is 9.59 Å². The van der Waals surface area contributed by atoms with Crippen LogP contribution in [0.2, 0.25) is 0 Å². The number of benzene rings is 1. The molecule has 90 valence electrons. The first kappa shape index (κ1) is 11.4. The van der Waals surface area contributed by atoms with E-state index in [1.807, 2.05) is 0 Å². The molecular formula is C11H12FN3O2. The Labute approximate surface area is 97.2 Å². The molecular weight excluding hydrogens is 225 g/mol. The Morgan fingerprint density at radius 3 is 2.88 bits per heavy atom. The number of carbonyl (C=O) groups is 2. The maximum absolute atomic E-state index is 12.9. The van der Waals surface area contributed by atoms with E-state index in [1.54, 1.807) is 0 Å². The number of anilines is 2. The molecule has 5 nitrogen and oxygen atoms in total. The molecule has 1 heterocycles. The highest BCUT2D eigenvalue weighted by Crippen LogP contribution is 2.17. The molecule has 2 amide bonds. The van der Waals surface area contributed by atoms with Gasteiger partial charge < -0.3 is 16.4 Å². The summed E-state index contributed by atoms with van der Waals surface area (Å²) in [7, 11) is 0. The van der Waals surface area contributed by atoms with Crippen LogP contribution in [0.25, 0.3) is 0 Å². The third-order valence-corrected chi connectivity index (χ3v) is 2.58. The summed E-state index contributed by atoms with van der Waals surface area (Å²) in [6.07, 6.45) is 0.824. The van der Waals surface area contributed by atoms with Crippen molar-refractivity contribution in [2.24, 2.45) is 0 Å². The van der Waals surface area contributed by atoms with Gasteiger partial charge in [0.15, 0.2) is 0 Å². The Kier molecular flexibility index (Phi) is 2.95. The van der Waals surface area contributed by atoms with Crippen LogP contribution >= 0.6 is 0 Å². The van der Waals surface area contributed by atoms with Gasteiger partial charge >= 0.3 is 0 Å². The molecule has 1 aliphatic heterocycles. The fourth-order valence-corrected chi connectivity index (χ4v) is 1.66. The first-order valence-corrected chi connectivity index (χ1v) is 5.21.